The second-order valence-electron chi connectivity index (χ2n) is 4.70. The molecule has 0 aliphatic carbocycles. The Bertz CT molecular complexity index is 747. The Hall–Kier alpha value is -1.07. The molecule has 0 unspecified atom stereocenters. The SMILES string of the molecule is CCCn1c(-c2ccc(I)cc2)nc2cccc(Cl)c21. The molecule has 0 aliphatic rings. The van der Waals surface area contributed by atoms with Crippen LogP contribution >= 0.6 is 34.2 Å². The average molecular weight is 397 g/mol. The van der Waals surface area contributed by atoms with E-state index < -0.39 is 0 Å². The number of aromatic nitrogens is 2. The molecule has 20 heavy (non-hydrogen) atoms. The van der Waals surface area contributed by atoms with Gasteiger partial charge in [0.1, 0.15) is 5.82 Å². The molecule has 0 aliphatic heterocycles. The van der Waals surface area contributed by atoms with E-state index in [4.69, 9.17) is 16.6 Å². The summed E-state index contributed by atoms with van der Waals surface area (Å²) in [7, 11) is 0. The van der Waals surface area contributed by atoms with Gasteiger partial charge in [0.05, 0.1) is 16.1 Å². The summed E-state index contributed by atoms with van der Waals surface area (Å²) in [5, 5.41) is 0.764. The summed E-state index contributed by atoms with van der Waals surface area (Å²) in [6.07, 6.45) is 1.05. The minimum atomic E-state index is 0.764. The van der Waals surface area contributed by atoms with Gasteiger partial charge in [-0.05, 0) is 53.3 Å². The number of rotatable bonds is 3. The van der Waals surface area contributed by atoms with Gasteiger partial charge in [0, 0.05) is 15.7 Å². The summed E-state index contributed by atoms with van der Waals surface area (Å²) >= 11 is 8.67. The van der Waals surface area contributed by atoms with E-state index in [9.17, 15) is 0 Å². The number of hydrogen-bond acceptors (Lipinski definition) is 1. The van der Waals surface area contributed by atoms with Crippen molar-refractivity contribution in [2.45, 2.75) is 19.9 Å². The van der Waals surface area contributed by atoms with Crippen LogP contribution in [0.1, 0.15) is 13.3 Å². The van der Waals surface area contributed by atoms with Crippen molar-refractivity contribution in [1.82, 2.24) is 9.55 Å². The van der Waals surface area contributed by atoms with Crippen LogP contribution < -0.4 is 0 Å². The van der Waals surface area contributed by atoms with Crippen LogP contribution in [0.4, 0.5) is 0 Å². The lowest BCUT2D eigenvalue weighted by atomic mass is 10.2. The highest BCUT2D eigenvalue weighted by Gasteiger charge is 2.14. The average Bonchev–Trinajstić information content (AvgIpc) is 2.80. The van der Waals surface area contributed by atoms with Gasteiger partial charge < -0.3 is 4.57 Å². The fourth-order valence-corrected chi connectivity index (χ4v) is 3.03. The molecule has 0 amide bonds. The Kier molecular flexibility index (Phi) is 3.98. The van der Waals surface area contributed by atoms with Gasteiger partial charge in [-0.2, -0.15) is 0 Å². The van der Waals surface area contributed by atoms with Crippen molar-refractivity contribution in [1.29, 1.82) is 0 Å². The molecule has 2 nitrogen and oxygen atoms in total. The van der Waals surface area contributed by atoms with Crippen LogP contribution in [-0.2, 0) is 6.54 Å². The third-order valence-electron chi connectivity index (χ3n) is 3.27. The van der Waals surface area contributed by atoms with E-state index in [1.807, 2.05) is 18.2 Å². The number of halogens is 2. The minimum Gasteiger partial charge on any atom is -0.323 e. The van der Waals surface area contributed by atoms with E-state index in [0.29, 0.717) is 0 Å². The normalized spacial score (nSPS) is 11.2. The van der Waals surface area contributed by atoms with Crippen LogP contribution in [0.15, 0.2) is 42.5 Å². The van der Waals surface area contributed by atoms with Crippen molar-refractivity contribution >= 4 is 45.2 Å². The Morgan fingerprint density at radius 1 is 1.15 bits per heavy atom. The van der Waals surface area contributed by atoms with Crippen molar-refractivity contribution in [2.75, 3.05) is 0 Å². The molecule has 0 saturated heterocycles. The number of imidazole rings is 1. The van der Waals surface area contributed by atoms with Gasteiger partial charge in [-0.25, -0.2) is 4.98 Å². The summed E-state index contributed by atoms with van der Waals surface area (Å²) in [5.74, 6) is 0.992. The van der Waals surface area contributed by atoms with Gasteiger partial charge >= 0.3 is 0 Å². The standard InChI is InChI=1S/C16H14ClIN2/c1-2-10-20-15-13(17)4-3-5-14(15)19-16(20)11-6-8-12(18)9-7-11/h3-9H,2,10H2,1H3. The maximum absolute atomic E-state index is 6.36. The molecule has 0 N–H and O–H groups in total. The minimum absolute atomic E-state index is 0.764. The second-order valence-corrected chi connectivity index (χ2v) is 6.35. The molecular formula is C16H14ClIN2. The monoisotopic (exact) mass is 396 g/mol. The first-order valence-electron chi connectivity index (χ1n) is 6.61. The number of hydrogen-bond donors (Lipinski definition) is 0. The highest BCUT2D eigenvalue weighted by atomic mass is 127. The zero-order chi connectivity index (χ0) is 14.1. The van der Waals surface area contributed by atoms with Gasteiger partial charge in [-0.3, -0.25) is 0 Å². The van der Waals surface area contributed by atoms with Gasteiger partial charge in [-0.15, -0.1) is 0 Å². The summed E-state index contributed by atoms with van der Waals surface area (Å²) in [5.41, 5.74) is 3.12. The Balaban J connectivity index is 2.26. The topological polar surface area (TPSA) is 17.8 Å². The molecule has 1 heterocycles. The lowest BCUT2D eigenvalue weighted by molar-refractivity contribution is 0.704. The Morgan fingerprint density at radius 2 is 1.90 bits per heavy atom. The quantitative estimate of drug-likeness (QED) is 0.544. The van der Waals surface area contributed by atoms with Crippen molar-refractivity contribution in [2.24, 2.45) is 0 Å². The first-order chi connectivity index (χ1) is 9.70. The number of nitrogens with zero attached hydrogens (tertiary/aromatic N) is 2. The van der Waals surface area contributed by atoms with E-state index in [-0.39, 0.29) is 0 Å². The lowest BCUT2D eigenvalue weighted by Crippen LogP contribution is -2.00. The first kappa shape index (κ1) is 13.9. The Labute approximate surface area is 136 Å². The Morgan fingerprint density at radius 3 is 2.60 bits per heavy atom. The largest absolute Gasteiger partial charge is 0.323 e. The molecule has 3 rings (SSSR count). The molecule has 1 aromatic heterocycles. The van der Waals surface area contributed by atoms with Gasteiger partial charge in [0.2, 0.25) is 0 Å². The number of fused-ring (bicyclic) bond motifs is 1. The van der Waals surface area contributed by atoms with Crippen molar-refractivity contribution in [3.63, 3.8) is 0 Å². The molecule has 102 valence electrons. The maximum atomic E-state index is 6.36. The summed E-state index contributed by atoms with van der Waals surface area (Å²) in [4.78, 5) is 4.77. The van der Waals surface area contributed by atoms with Crippen LogP contribution in [0.2, 0.25) is 5.02 Å². The molecule has 0 spiro atoms. The van der Waals surface area contributed by atoms with Crippen LogP contribution in [0.25, 0.3) is 22.4 Å². The van der Waals surface area contributed by atoms with E-state index in [0.717, 1.165) is 40.4 Å². The second kappa shape index (κ2) is 5.74. The van der Waals surface area contributed by atoms with E-state index in [1.54, 1.807) is 0 Å². The predicted octanol–water partition coefficient (Wildman–Crippen LogP) is 5.37. The zero-order valence-electron chi connectivity index (χ0n) is 11.1. The third kappa shape index (κ3) is 2.44. The predicted molar refractivity (Wildman–Crippen MR) is 93.2 cm³/mol. The molecule has 0 radical (unpaired) electrons. The zero-order valence-corrected chi connectivity index (χ0v) is 14.0. The maximum Gasteiger partial charge on any atom is 0.141 e. The van der Waals surface area contributed by atoms with Crippen LogP contribution in [0.3, 0.4) is 0 Å². The number of aryl methyl sites for hydroxylation is 1. The van der Waals surface area contributed by atoms with E-state index in [2.05, 4.69) is 58.3 Å². The molecule has 0 saturated carbocycles. The third-order valence-corrected chi connectivity index (χ3v) is 4.29. The first-order valence-corrected chi connectivity index (χ1v) is 8.07. The molecule has 3 aromatic rings. The number of para-hydroxylation sites is 1. The smallest absolute Gasteiger partial charge is 0.141 e. The molecule has 0 atom stereocenters. The van der Waals surface area contributed by atoms with Gasteiger partial charge in [0.25, 0.3) is 0 Å². The van der Waals surface area contributed by atoms with Gasteiger partial charge in [0.15, 0.2) is 0 Å². The highest BCUT2D eigenvalue weighted by molar-refractivity contribution is 14.1. The van der Waals surface area contributed by atoms with E-state index in [1.165, 1.54) is 3.57 Å². The summed E-state index contributed by atoms with van der Waals surface area (Å²) in [6.45, 7) is 3.09. The summed E-state index contributed by atoms with van der Waals surface area (Å²) < 4.78 is 3.45. The lowest BCUT2D eigenvalue weighted by Gasteiger charge is -2.08. The van der Waals surface area contributed by atoms with Crippen molar-refractivity contribution < 1.29 is 0 Å². The van der Waals surface area contributed by atoms with E-state index >= 15 is 0 Å². The molecule has 0 bridgehead atoms. The number of benzene rings is 2. The summed E-state index contributed by atoms with van der Waals surface area (Å²) in [6, 6.07) is 14.3. The molecule has 2 aromatic carbocycles. The van der Waals surface area contributed by atoms with Gasteiger partial charge in [-0.1, -0.05) is 36.7 Å². The van der Waals surface area contributed by atoms with Crippen molar-refractivity contribution in [3.05, 3.63) is 51.1 Å². The molecular weight excluding hydrogens is 383 g/mol. The highest BCUT2D eigenvalue weighted by Crippen LogP contribution is 2.30. The molecule has 0 fully saturated rings. The van der Waals surface area contributed by atoms with Crippen LogP contribution in [0.5, 0.6) is 0 Å². The van der Waals surface area contributed by atoms with Crippen LogP contribution in [-0.4, -0.2) is 9.55 Å². The fraction of sp³-hybridized carbons (Fsp3) is 0.188. The fourth-order valence-electron chi connectivity index (χ4n) is 2.40. The molecule has 4 heteroatoms. The van der Waals surface area contributed by atoms with Crippen LogP contribution in [0, 0.1) is 3.57 Å². The van der Waals surface area contributed by atoms with Crippen molar-refractivity contribution in [3.8, 4) is 11.4 Å².